The summed E-state index contributed by atoms with van der Waals surface area (Å²) in [7, 11) is 1.81. The van der Waals surface area contributed by atoms with Gasteiger partial charge in [-0.2, -0.15) is 0 Å². The molecule has 2 amide bonds. The molecule has 1 aromatic carbocycles. The minimum Gasteiger partial charge on any atom is -0.356 e. The number of carbonyl (C=O) groups excluding carboxylic acids is 2. The van der Waals surface area contributed by atoms with Crippen molar-refractivity contribution < 1.29 is 9.59 Å². The quantitative estimate of drug-likeness (QED) is 0.685. The number of rotatable bonds is 7. The van der Waals surface area contributed by atoms with E-state index >= 15 is 0 Å². The van der Waals surface area contributed by atoms with Crippen LogP contribution in [0.1, 0.15) is 18.9 Å². The Morgan fingerprint density at radius 3 is 2.37 bits per heavy atom. The molecular formula is C14H21N3O2. The third-order valence-electron chi connectivity index (χ3n) is 2.58. The Kier molecular flexibility index (Phi) is 6.60. The van der Waals surface area contributed by atoms with Crippen molar-refractivity contribution in [2.24, 2.45) is 0 Å². The van der Waals surface area contributed by atoms with Gasteiger partial charge >= 0.3 is 0 Å². The van der Waals surface area contributed by atoms with E-state index in [2.05, 4.69) is 16.0 Å². The smallest absolute Gasteiger partial charge is 0.225 e. The van der Waals surface area contributed by atoms with Crippen LogP contribution in [0.3, 0.4) is 0 Å². The fourth-order valence-electron chi connectivity index (χ4n) is 1.61. The van der Waals surface area contributed by atoms with Crippen LogP contribution in [-0.4, -0.2) is 32.0 Å². The van der Waals surface area contributed by atoms with Crippen LogP contribution in [0.4, 0.5) is 5.69 Å². The van der Waals surface area contributed by atoms with Crippen LogP contribution in [-0.2, 0) is 16.0 Å². The van der Waals surface area contributed by atoms with Crippen molar-refractivity contribution in [1.82, 2.24) is 10.6 Å². The Hall–Kier alpha value is -1.88. The summed E-state index contributed by atoms with van der Waals surface area (Å²) in [6.07, 6.45) is 0.805. The van der Waals surface area contributed by atoms with Gasteiger partial charge in [-0.25, -0.2) is 0 Å². The van der Waals surface area contributed by atoms with Gasteiger partial charge in [0.15, 0.2) is 0 Å². The fraction of sp³-hybridized carbons (Fsp3) is 0.429. The van der Waals surface area contributed by atoms with Gasteiger partial charge in [0, 0.05) is 25.2 Å². The number of amides is 2. The van der Waals surface area contributed by atoms with Gasteiger partial charge in [-0.3, -0.25) is 9.59 Å². The minimum atomic E-state index is -0.0224. The second-order valence-corrected chi connectivity index (χ2v) is 4.23. The molecule has 1 rings (SSSR count). The van der Waals surface area contributed by atoms with E-state index in [1.165, 1.54) is 0 Å². The van der Waals surface area contributed by atoms with Gasteiger partial charge in [0.1, 0.15) is 0 Å². The third-order valence-corrected chi connectivity index (χ3v) is 2.58. The highest BCUT2D eigenvalue weighted by Gasteiger charge is 2.04. The molecule has 5 nitrogen and oxygen atoms in total. The lowest BCUT2D eigenvalue weighted by Gasteiger charge is -2.06. The predicted molar refractivity (Wildman–Crippen MR) is 76.0 cm³/mol. The Balaban J connectivity index is 2.47. The van der Waals surface area contributed by atoms with Crippen LogP contribution in [0, 0.1) is 0 Å². The molecule has 0 saturated carbocycles. The number of hydrogen-bond donors (Lipinski definition) is 3. The average Bonchev–Trinajstić information content (AvgIpc) is 2.39. The Morgan fingerprint density at radius 1 is 1.11 bits per heavy atom. The zero-order valence-corrected chi connectivity index (χ0v) is 11.5. The molecule has 0 radical (unpaired) electrons. The molecule has 0 saturated heterocycles. The van der Waals surface area contributed by atoms with Gasteiger partial charge in [-0.05, 0) is 31.7 Å². The molecule has 104 valence electrons. The third kappa shape index (κ3) is 6.01. The first-order valence-electron chi connectivity index (χ1n) is 6.45. The summed E-state index contributed by atoms with van der Waals surface area (Å²) in [5.41, 5.74) is 1.68. The second-order valence-electron chi connectivity index (χ2n) is 4.23. The maximum atomic E-state index is 11.5. The fourth-order valence-corrected chi connectivity index (χ4v) is 1.61. The summed E-state index contributed by atoms with van der Waals surface area (Å²) < 4.78 is 0. The molecular weight excluding hydrogens is 242 g/mol. The first-order valence-corrected chi connectivity index (χ1v) is 6.45. The molecule has 19 heavy (non-hydrogen) atoms. The molecule has 0 aromatic heterocycles. The van der Waals surface area contributed by atoms with Crippen molar-refractivity contribution in [2.75, 3.05) is 25.5 Å². The molecule has 0 aliphatic rings. The number of nitrogens with one attached hydrogen (secondary N) is 3. The Labute approximate surface area is 113 Å². The highest BCUT2D eigenvalue weighted by atomic mass is 16.2. The number of carbonyl (C=O) groups is 2. The highest BCUT2D eigenvalue weighted by molar-refractivity contribution is 5.90. The molecule has 0 spiro atoms. The van der Waals surface area contributed by atoms with E-state index in [0.717, 1.165) is 11.3 Å². The van der Waals surface area contributed by atoms with E-state index < -0.39 is 0 Å². The van der Waals surface area contributed by atoms with Gasteiger partial charge in [0.05, 0.1) is 6.42 Å². The van der Waals surface area contributed by atoms with Crippen LogP contribution in [0.25, 0.3) is 0 Å². The summed E-state index contributed by atoms with van der Waals surface area (Å²) >= 11 is 0. The zero-order chi connectivity index (χ0) is 14.1. The van der Waals surface area contributed by atoms with Crippen molar-refractivity contribution in [3.8, 4) is 0 Å². The highest BCUT2D eigenvalue weighted by Crippen LogP contribution is 2.10. The second kappa shape index (κ2) is 8.26. The van der Waals surface area contributed by atoms with Gasteiger partial charge in [0.25, 0.3) is 0 Å². The van der Waals surface area contributed by atoms with Crippen LogP contribution in [0.5, 0.6) is 0 Å². The lowest BCUT2D eigenvalue weighted by Crippen LogP contribution is -2.24. The lowest BCUT2D eigenvalue weighted by atomic mass is 10.1. The summed E-state index contributed by atoms with van der Waals surface area (Å²) in [5, 5.41) is 8.47. The summed E-state index contributed by atoms with van der Waals surface area (Å²) in [6.45, 7) is 3.18. The van der Waals surface area contributed by atoms with Crippen LogP contribution in [0.2, 0.25) is 0 Å². The maximum absolute atomic E-state index is 11.5. The standard InChI is InChI=1S/C14H21N3O2/c1-3-16-14(19)10-11-4-6-12(7-5-11)17-13(18)8-9-15-2/h4-7,15H,3,8-10H2,1-2H3,(H,16,19)(H,17,18). The van der Waals surface area contributed by atoms with Crippen molar-refractivity contribution in [2.45, 2.75) is 19.8 Å². The average molecular weight is 263 g/mol. The molecule has 0 heterocycles. The summed E-state index contributed by atoms with van der Waals surface area (Å²) in [5.74, 6) is -0.0147. The van der Waals surface area contributed by atoms with E-state index in [1.54, 1.807) is 0 Å². The summed E-state index contributed by atoms with van der Waals surface area (Å²) in [6, 6.07) is 7.32. The van der Waals surface area contributed by atoms with E-state index in [4.69, 9.17) is 0 Å². The van der Waals surface area contributed by atoms with Gasteiger partial charge < -0.3 is 16.0 Å². The lowest BCUT2D eigenvalue weighted by molar-refractivity contribution is -0.120. The monoisotopic (exact) mass is 263 g/mol. The van der Waals surface area contributed by atoms with Crippen LogP contribution in [0.15, 0.2) is 24.3 Å². The molecule has 0 unspecified atom stereocenters. The minimum absolute atomic E-state index is 0.00769. The number of hydrogen-bond acceptors (Lipinski definition) is 3. The van der Waals surface area contributed by atoms with Crippen molar-refractivity contribution in [3.63, 3.8) is 0 Å². The van der Waals surface area contributed by atoms with E-state index in [1.807, 2.05) is 38.2 Å². The molecule has 3 N–H and O–H groups in total. The normalized spacial score (nSPS) is 10.0. The summed E-state index contributed by atoms with van der Waals surface area (Å²) in [4.78, 5) is 22.9. The Bertz CT molecular complexity index is 415. The van der Waals surface area contributed by atoms with E-state index in [9.17, 15) is 9.59 Å². The maximum Gasteiger partial charge on any atom is 0.225 e. The Morgan fingerprint density at radius 2 is 1.79 bits per heavy atom. The zero-order valence-electron chi connectivity index (χ0n) is 11.5. The van der Waals surface area contributed by atoms with Gasteiger partial charge in [0.2, 0.25) is 11.8 Å². The topological polar surface area (TPSA) is 70.2 Å². The van der Waals surface area contributed by atoms with Crippen LogP contribution < -0.4 is 16.0 Å². The molecule has 0 atom stereocenters. The first kappa shape index (κ1) is 15.2. The van der Waals surface area contributed by atoms with Gasteiger partial charge in [-0.15, -0.1) is 0 Å². The molecule has 1 aromatic rings. The molecule has 0 bridgehead atoms. The number of anilines is 1. The van der Waals surface area contributed by atoms with Crippen molar-refractivity contribution in [3.05, 3.63) is 29.8 Å². The SMILES string of the molecule is CCNC(=O)Cc1ccc(NC(=O)CCNC)cc1. The molecule has 0 aliphatic heterocycles. The number of likely N-dealkylation sites (N-methyl/N-ethyl adjacent to an activating group) is 1. The van der Waals surface area contributed by atoms with Crippen molar-refractivity contribution in [1.29, 1.82) is 0 Å². The van der Waals surface area contributed by atoms with E-state index in [-0.39, 0.29) is 11.8 Å². The predicted octanol–water partition coefficient (Wildman–Crippen LogP) is 0.913. The van der Waals surface area contributed by atoms with Crippen LogP contribution >= 0.6 is 0 Å². The van der Waals surface area contributed by atoms with E-state index in [0.29, 0.717) is 25.9 Å². The molecule has 0 aliphatic carbocycles. The number of benzene rings is 1. The largest absolute Gasteiger partial charge is 0.356 e. The van der Waals surface area contributed by atoms with Gasteiger partial charge in [-0.1, -0.05) is 12.1 Å². The van der Waals surface area contributed by atoms with Crippen molar-refractivity contribution >= 4 is 17.5 Å². The molecule has 5 heteroatoms. The first-order chi connectivity index (χ1) is 9.15. The molecule has 0 fully saturated rings.